The fourth-order valence-corrected chi connectivity index (χ4v) is 3.39. The first-order valence-electron chi connectivity index (χ1n) is 10.2. The van der Waals surface area contributed by atoms with Crippen LogP contribution in [-0.2, 0) is 4.79 Å². The Labute approximate surface area is 218 Å². The smallest absolute Gasteiger partial charge is 0.550 e. The average Bonchev–Trinajstić information content (AvgIpc) is 3.12. The molecule has 0 spiro atoms. The molecule has 174 valence electrons. The minimum atomic E-state index is -1.41. The zero-order chi connectivity index (χ0) is 24.1. The van der Waals surface area contributed by atoms with Crippen molar-refractivity contribution in [1.29, 1.82) is 0 Å². The molecule has 0 aliphatic heterocycles. The van der Waals surface area contributed by atoms with Crippen LogP contribution in [0.2, 0.25) is 0 Å². The molecule has 0 saturated heterocycles. The van der Waals surface area contributed by atoms with Gasteiger partial charge in [0.25, 0.3) is 0 Å². The average molecular weight is 479 g/mol. The fraction of sp³-hybridized carbons (Fsp3) is 0.250. The number of carbonyl (C=O) groups excluding carboxylic acids is 1. The monoisotopic (exact) mass is 479 g/mol. The molecule has 2 unspecified atom stereocenters. The largest absolute Gasteiger partial charge is 1.00 e. The molecule has 2 N–H and O–H groups in total. The molecule has 2 aromatic carbocycles. The van der Waals surface area contributed by atoms with Gasteiger partial charge in [-0.05, 0) is 54.6 Å². The predicted molar refractivity (Wildman–Crippen MR) is 119 cm³/mol. The zero-order valence-corrected chi connectivity index (χ0v) is 21.2. The van der Waals surface area contributed by atoms with Crippen LogP contribution in [0.3, 0.4) is 0 Å². The van der Waals surface area contributed by atoms with E-state index in [9.17, 15) is 28.9 Å². The van der Waals surface area contributed by atoms with Crippen molar-refractivity contribution in [2.75, 3.05) is 19.0 Å². The number of hydrogen-bond donors (Lipinski definition) is 2. The van der Waals surface area contributed by atoms with Crippen molar-refractivity contribution in [3.8, 4) is 22.5 Å². The van der Waals surface area contributed by atoms with Crippen LogP contribution in [0.5, 0.6) is 0 Å². The fourth-order valence-electron chi connectivity index (χ4n) is 3.39. The van der Waals surface area contributed by atoms with Crippen molar-refractivity contribution in [2.45, 2.75) is 25.0 Å². The van der Waals surface area contributed by atoms with E-state index >= 15 is 0 Å². The van der Waals surface area contributed by atoms with Crippen molar-refractivity contribution < 1.29 is 58.5 Å². The summed E-state index contributed by atoms with van der Waals surface area (Å²) < 4.78 is 28.8. The van der Waals surface area contributed by atoms with Crippen molar-refractivity contribution in [3.05, 3.63) is 66.2 Å². The summed E-state index contributed by atoms with van der Waals surface area (Å²) >= 11 is 0. The molecule has 34 heavy (non-hydrogen) atoms. The summed E-state index contributed by atoms with van der Waals surface area (Å²) in [4.78, 5) is 17.1. The Morgan fingerprint density at radius 2 is 1.59 bits per heavy atom. The first kappa shape index (κ1) is 27.7. The van der Waals surface area contributed by atoms with Gasteiger partial charge in [-0.2, -0.15) is 0 Å². The third-order valence-corrected chi connectivity index (χ3v) is 4.90. The number of benzene rings is 2. The van der Waals surface area contributed by atoms with Crippen molar-refractivity contribution in [1.82, 2.24) is 9.55 Å². The van der Waals surface area contributed by atoms with Crippen LogP contribution < -0.4 is 39.6 Å². The number of imidazole rings is 1. The summed E-state index contributed by atoms with van der Waals surface area (Å²) in [6.45, 7) is 0. The van der Waals surface area contributed by atoms with E-state index in [0.717, 1.165) is 0 Å². The van der Waals surface area contributed by atoms with Crippen molar-refractivity contribution in [3.63, 3.8) is 0 Å². The molecule has 10 heteroatoms. The van der Waals surface area contributed by atoms with E-state index in [1.165, 1.54) is 30.3 Å². The summed E-state index contributed by atoms with van der Waals surface area (Å²) in [7, 11) is 3.55. The molecule has 0 amide bonds. The van der Waals surface area contributed by atoms with Gasteiger partial charge in [0.15, 0.2) is 0 Å². The van der Waals surface area contributed by atoms with Gasteiger partial charge in [0, 0.05) is 50.2 Å². The molecular formula is C24H24F2N3NaO4. The van der Waals surface area contributed by atoms with E-state index < -0.39 is 36.2 Å². The van der Waals surface area contributed by atoms with Crippen LogP contribution in [0.15, 0.2) is 54.6 Å². The zero-order valence-electron chi connectivity index (χ0n) is 19.2. The Morgan fingerprint density at radius 3 is 2.09 bits per heavy atom. The maximum Gasteiger partial charge on any atom is 1.00 e. The van der Waals surface area contributed by atoms with E-state index in [-0.39, 0.29) is 36.0 Å². The molecule has 0 saturated carbocycles. The molecule has 3 rings (SSSR count). The third-order valence-electron chi connectivity index (χ3n) is 4.90. The van der Waals surface area contributed by atoms with Gasteiger partial charge in [0.1, 0.15) is 11.6 Å². The number of halogens is 2. The molecule has 1 aromatic heterocycles. The Hall–Kier alpha value is -2.56. The second kappa shape index (κ2) is 12.2. The van der Waals surface area contributed by atoms with Crippen LogP contribution in [0.25, 0.3) is 28.7 Å². The number of aromatic nitrogens is 2. The SMILES string of the molecule is CN(C)c1nc(-c2ccc(F)cc2)c(-c2ccc(F)cc2)n1/C=C/C(O)CC(O)CC(=O)[O-].[Na+]. The third kappa shape index (κ3) is 6.97. The van der Waals surface area contributed by atoms with Crippen LogP contribution in [0.1, 0.15) is 12.8 Å². The number of hydrogen-bond acceptors (Lipinski definition) is 6. The van der Waals surface area contributed by atoms with Crippen LogP contribution in [0.4, 0.5) is 14.7 Å². The predicted octanol–water partition coefficient (Wildman–Crippen LogP) is -0.712. The number of aliphatic hydroxyl groups is 2. The van der Waals surface area contributed by atoms with Crippen molar-refractivity contribution in [2.24, 2.45) is 0 Å². The first-order valence-corrected chi connectivity index (χ1v) is 10.2. The quantitative estimate of drug-likeness (QED) is 0.393. The number of rotatable bonds is 9. The standard InChI is InChI=1S/C24H25F2N3O4.Na/c1-28(2)24-27-22(15-3-7-17(25)8-4-15)23(16-5-9-18(26)10-6-16)29(24)12-11-19(30)13-20(31)14-21(32)33;/h3-12,19-20,30-31H,13-14H2,1-2H3,(H,32,33);/q;+1/p-1/b12-11+;. The Bertz CT molecular complexity index is 1130. The number of aliphatic hydroxyl groups excluding tert-OH is 2. The minimum Gasteiger partial charge on any atom is -0.550 e. The van der Waals surface area contributed by atoms with Gasteiger partial charge in [-0.1, -0.05) is 0 Å². The van der Waals surface area contributed by atoms with Gasteiger partial charge >= 0.3 is 29.6 Å². The summed E-state index contributed by atoms with van der Waals surface area (Å²) in [5.74, 6) is -1.74. The van der Waals surface area contributed by atoms with Gasteiger partial charge in [-0.25, -0.2) is 13.8 Å². The van der Waals surface area contributed by atoms with Crippen molar-refractivity contribution >= 4 is 18.1 Å². The first-order chi connectivity index (χ1) is 15.7. The molecule has 3 aromatic rings. The molecule has 2 atom stereocenters. The van der Waals surface area contributed by atoms with E-state index in [1.54, 1.807) is 54.0 Å². The number of carbonyl (C=O) groups is 1. The van der Waals surface area contributed by atoms with Gasteiger partial charge in [-0.15, -0.1) is 0 Å². The second-order valence-corrected chi connectivity index (χ2v) is 7.76. The number of nitrogens with zero attached hydrogens (tertiary/aromatic N) is 3. The minimum absolute atomic E-state index is 0. The molecule has 0 bridgehead atoms. The molecule has 0 aliphatic carbocycles. The second-order valence-electron chi connectivity index (χ2n) is 7.76. The molecule has 7 nitrogen and oxygen atoms in total. The number of anilines is 1. The summed E-state index contributed by atoms with van der Waals surface area (Å²) in [5, 5.41) is 30.7. The summed E-state index contributed by atoms with van der Waals surface area (Å²) in [6, 6.07) is 11.6. The van der Waals surface area contributed by atoms with E-state index in [2.05, 4.69) is 0 Å². The summed E-state index contributed by atoms with van der Waals surface area (Å²) in [5.41, 5.74) is 2.36. The van der Waals surface area contributed by atoms with Crippen LogP contribution >= 0.6 is 0 Å². The van der Waals surface area contributed by atoms with Crippen LogP contribution in [-0.4, -0.2) is 52.0 Å². The molecule has 0 radical (unpaired) electrons. The molecule has 1 heterocycles. The van der Waals surface area contributed by atoms with E-state index in [4.69, 9.17) is 4.98 Å². The molecular weight excluding hydrogens is 455 g/mol. The maximum absolute atomic E-state index is 13.6. The number of carboxylic acids is 1. The Kier molecular flexibility index (Phi) is 9.96. The van der Waals surface area contributed by atoms with Gasteiger partial charge < -0.3 is 25.0 Å². The van der Waals surface area contributed by atoms with E-state index in [0.29, 0.717) is 28.5 Å². The normalized spacial score (nSPS) is 12.9. The van der Waals surface area contributed by atoms with Gasteiger partial charge in [0.2, 0.25) is 5.95 Å². The Morgan fingerprint density at radius 1 is 1.06 bits per heavy atom. The topological polar surface area (TPSA) is 102 Å². The van der Waals surface area contributed by atoms with Crippen LogP contribution in [0, 0.1) is 11.6 Å². The maximum atomic E-state index is 13.6. The summed E-state index contributed by atoms with van der Waals surface area (Å²) in [6.07, 6.45) is -0.259. The van der Waals surface area contributed by atoms with Gasteiger partial charge in [-0.3, -0.25) is 4.57 Å². The number of carboxylic acid groups (broad SMARTS) is 1. The van der Waals surface area contributed by atoms with E-state index in [1.807, 2.05) is 0 Å². The molecule has 0 fully saturated rings. The Balaban J connectivity index is 0.00000408. The molecule has 0 aliphatic rings. The number of aliphatic carboxylic acids is 1. The van der Waals surface area contributed by atoms with Gasteiger partial charge in [0.05, 0.1) is 23.6 Å².